The summed E-state index contributed by atoms with van der Waals surface area (Å²) in [4.78, 5) is 2.35. The molecule has 0 radical (unpaired) electrons. The minimum atomic E-state index is -0.540. The Morgan fingerprint density at radius 1 is 1.54 bits per heavy atom. The van der Waals surface area contributed by atoms with Gasteiger partial charge in [0.15, 0.2) is 0 Å². The van der Waals surface area contributed by atoms with Crippen molar-refractivity contribution in [2.45, 2.75) is 38.9 Å². The maximum Gasteiger partial charge on any atom is 0.0674 e. The number of rotatable bonds is 3. The van der Waals surface area contributed by atoms with E-state index in [1.807, 2.05) is 13.8 Å². The molecule has 1 atom stereocenters. The van der Waals surface area contributed by atoms with Gasteiger partial charge in [0.1, 0.15) is 0 Å². The molecule has 13 heavy (non-hydrogen) atoms. The molecule has 3 heteroatoms. The van der Waals surface area contributed by atoms with E-state index in [0.717, 1.165) is 32.7 Å². The molecule has 0 spiro atoms. The molecule has 3 nitrogen and oxygen atoms in total. The van der Waals surface area contributed by atoms with Crippen molar-refractivity contribution in [3.63, 3.8) is 0 Å². The highest BCUT2D eigenvalue weighted by Crippen LogP contribution is 2.11. The first-order valence-electron chi connectivity index (χ1n) is 5.04. The molecule has 1 heterocycles. The van der Waals surface area contributed by atoms with Gasteiger partial charge < -0.3 is 9.84 Å². The highest BCUT2D eigenvalue weighted by atomic mass is 16.5. The van der Waals surface area contributed by atoms with Crippen LogP contribution < -0.4 is 0 Å². The van der Waals surface area contributed by atoms with E-state index >= 15 is 0 Å². The van der Waals surface area contributed by atoms with Gasteiger partial charge in [-0.05, 0) is 27.2 Å². The van der Waals surface area contributed by atoms with Crippen LogP contribution in [0.2, 0.25) is 0 Å². The highest BCUT2D eigenvalue weighted by Gasteiger charge is 2.19. The molecule has 1 aliphatic heterocycles. The number of hydrogen-bond acceptors (Lipinski definition) is 3. The lowest BCUT2D eigenvalue weighted by Gasteiger charge is -2.32. The Balaban J connectivity index is 2.21. The molecule has 1 N–H and O–H groups in total. The molecule has 0 aromatic rings. The van der Waals surface area contributed by atoms with E-state index in [1.54, 1.807) is 0 Å². The summed E-state index contributed by atoms with van der Waals surface area (Å²) in [6.07, 6.45) is 1.18. The molecule has 1 fully saturated rings. The SMILES string of the molecule is CC1CN(CCC(C)(C)O)CCO1. The fraction of sp³-hybridized carbons (Fsp3) is 1.00. The number of morpholine rings is 1. The number of hydrogen-bond donors (Lipinski definition) is 1. The predicted molar refractivity (Wildman–Crippen MR) is 52.8 cm³/mol. The van der Waals surface area contributed by atoms with Gasteiger partial charge in [-0.2, -0.15) is 0 Å². The molecule has 0 aliphatic carbocycles. The fourth-order valence-corrected chi connectivity index (χ4v) is 1.53. The monoisotopic (exact) mass is 187 g/mol. The summed E-state index contributed by atoms with van der Waals surface area (Å²) in [5, 5.41) is 9.56. The topological polar surface area (TPSA) is 32.7 Å². The van der Waals surface area contributed by atoms with Crippen LogP contribution in [0, 0.1) is 0 Å². The molecule has 0 amide bonds. The first kappa shape index (κ1) is 11.0. The van der Waals surface area contributed by atoms with Gasteiger partial charge in [0.05, 0.1) is 18.3 Å². The zero-order valence-corrected chi connectivity index (χ0v) is 8.92. The van der Waals surface area contributed by atoms with E-state index in [2.05, 4.69) is 11.8 Å². The minimum absolute atomic E-state index is 0.343. The van der Waals surface area contributed by atoms with Crippen LogP contribution in [0.3, 0.4) is 0 Å². The Kier molecular flexibility index (Phi) is 3.71. The third-order valence-electron chi connectivity index (χ3n) is 2.37. The third kappa shape index (κ3) is 4.60. The first-order valence-corrected chi connectivity index (χ1v) is 5.04. The van der Waals surface area contributed by atoms with Crippen LogP contribution in [0.15, 0.2) is 0 Å². The van der Waals surface area contributed by atoms with Crippen LogP contribution >= 0.6 is 0 Å². The van der Waals surface area contributed by atoms with Crippen molar-refractivity contribution in [2.75, 3.05) is 26.2 Å². The molecule has 0 saturated carbocycles. The second-order valence-electron chi connectivity index (χ2n) is 4.54. The van der Waals surface area contributed by atoms with Gasteiger partial charge in [-0.1, -0.05) is 0 Å². The van der Waals surface area contributed by atoms with Crippen molar-refractivity contribution in [3.8, 4) is 0 Å². The summed E-state index contributed by atoms with van der Waals surface area (Å²) >= 11 is 0. The van der Waals surface area contributed by atoms with E-state index in [-0.39, 0.29) is 0 Å². The Morgan fingerprint density at radius 3 is 2.77 bits per heavy atom. The van der Waals surface area contributed by atoms with Crippen molar-refractivity contribution in [1.82, 2.24) is 4.90 Å². The molecule has 78 valence electrons. The molecular weight excluding hydrogens is 166 g/mol. The molecule has 1 rings (SSSR count). The second kappa shape index (κ2) is 4.40. The maximum absolute atomic E-state index is 9.56. The molecule has 1 saturated heterocycles. The van der Waals surface area contributed by atoms with Crippen LogP contribution in [-0.4, -0.2) is 48.0 Å². The largest absolute Gasteiger partial charge is 0.390 e. The van der Waals surface area contributed by atoms with E-state index in [0.29, 0.717) is 6.10 Å². The number of ether oxygens (including phenoxy) is 1. The molecule has 1 unspecified atom stereocenters. The van der Waals surface area contributed by atoms with E-state index in [9.17, 15) is 5.11 Å². The fourth-order valence-electron chi connectivity index (χ4n) is 1.53. The van der Waals surface area contributed by atoms with E-state index < -0.39 is 5.60 Å². The first-order chi connectivity index (χ1) is 5.97. The van der Waals surface area contributed by atoms with E-state index in [1.165, 1.54) is 0 Å². The Labute approximate surface area is 80.7 Å². The van der Waals surface area contributed by atoms with E-state index in [4.69, 9.17) is 4.74 Å². The van der Waals surface area contributed by atoms with Crippen LogP contribution in [0.1, 0.15) is 27.2 Å². The van der Waals surface area contributed by atoms with Gasteiger partial charge in [0, 0.05) is 19.6 Å². The lowest BCUT2D eigenvalue weighted by molar-refractivity contribution is -0.0278. The maximum atomic E-state index is 9.56. The van der Waals surface area contributed by atoms with Crippen molar-refractivity contribution in [3.05, 3.63) is 0 Å². The van der Waals surface area contributed by atoms with Crippen molar-refractivity contribution in [2.24, 2.45) is 0 Å². The molecule has 0 bridgehead atoms. The van der Waals surface area contributed by atoms with Crippen LogP contribution in [-0.2, 0) is 4.74 Å². The lowest BCUT2D eigenvalue weighted by Crippen LogP contribution is -2.43. The summed E-state index contributed by atoms with van der Waals surface area (Å²) in [6.45, 7) is 9.60. The Morgan fingerprint density at radius 2 is 2.23 bits per heavy atom. The highest BCUT2D eigenvalue weighted by molar-refractivity contribution is 4.72. The standard InChI is InChI=1S/C10H21NO2/c1-9-8-11(6-7-13-9)5-4-10(2,3)12/h9,12H,4-8H2,1-3H3. The summed E-state index contributed by atoms with van der Waals surface area (Å²) in [7, 11) is 0. The normalized spacial score (nSPS) is 26.3. The molecular formula is C10H21NO2. The quantitative estimate of drug-likeness (QED) is 0.711. The van der Waals surface area contributed by atoms with Gasteiger partial charge >= 0.3 is 0 Å². The summed E-state index contributed by atoms with van der Waals surface area (Å²) in [5.41, 5.74) is -0.540. The smallest absolute Gasteiger partial charge is 0.0674 e. The molecule has 0 aromatic carbocycles. The number of aliphatic hydroxyl groups is 1. The lowest BCUT2D eigenvalue weighted by atomic mass is 10.1. The van der Waals surface area contributed by atoms with Crippen molar-refractivity contribution < 1.29 is 9.84 Å². The zero-order valence-electron chi connectivity index (χ0n) is 8.92. The van der Waals surface area contributed by atoms with Gasteiger partial charge in [-0.15, -0.1) is 0 Å². The van der Waals surface area contributed by atoms with Gasteiger partial charge in [0.2, 0.25) is 0 Å². The minimum Gasteiger partial charge on any atom is -0.390 e. The summed E-state index contributed by atoms with van der Waals surface area (Å²) in [6, 6.07) is 0. The Bertz CT molecular complexity index is 153. The van der Waals surface area contributed by atoms with Gasteiger partial charge in [-0.25, -0.2) is 0 Å². The zero-order chi connectivity index (χ0) is 9.90. The summed E-state index contributed by atoms with van der Waals surface area (Å²) in [5.74, 6) is 0. The summed E-state index contributed by atoms with van der Waals surface area (Å²) < 4.78 is 5.44. The molecule has 1 aliphatic rings. The van der Waals surface area contributed by atoms with Crippen LogP contribution in [0.25, 0.3) is 0 Å². The average molecular weight is 187 g/mol. The van der Waals surface area contributed by atoms with Gasteiger partial charge in [-0.3, -0.25) is 4.90 Å². The number of nitrogens with zero attached hydrogens (tertiary/aromatic N) is 1. The van der Waals surface area contributed by atoms with Crippen molar-refractivity contribution in [1.29, 1.82) is 0 Å². The van der Waals surface area contributed by atoms with Crippen LogP contribution in [0.5, 0.6) is 0 Å². The Hall–Kier alpha value is -0.120. The van der Waals surface area contributed by atoms with Crippen LogP contribution in [0.4, 0.5) is 0 Å². The van der Waals surface area contributed by atoms with Crippen molar-refractivity contribution >= 4 is 0 Å². The van der Waals surface area contributed by atoms with Gasteiger partial charge in [0.25, 0.3) is 0 Å². The average Bonchev–Trinajstić information content (AvgIpc) is 2.00. The second-order valence-corrected chi connectivity index (χ2v) is 4.54. The molecule has 0 aromatic heterocycles. The third-order valence-corrected chi connectivity index (χ3v) is 2.37. The predicted octanol–water partition coefficient (Wildman–Crippen LogP) is 0.868.